The number of nitrogens with zero attached hydrogens (tertiary/aromatic N) is 6. The normalized spacial score (nSPS) is 11.2. The number of pyridine rings is 1. The molecule has 0 saturated heterocycles. The molecule has 4 aromatic rings. The van der Waals surface area contributed by atoms with Crippen molar-refractivity contribution >= 4 is 10.9 Å². The van der Waals surface area contributed by atoms with Crippen molar-refractivity contribution in [3.05, 3.63) is 119 Å². The Morgan fingerprint density at radius 2 is 1.80 bits per heavy atom. The lowest BCUT2D eigenvalue weighted by atomic mass is 10.1. The lowest BCUT2D eigenvalue weighted by Gasteiger charge is -2.14. The van der Waals surface area contributed by atoms with Gasteiger partial charge < -0.3 is 4.57 Å². The van der Waals surface area contributed by atoms with E-state index in [2.05, 4.69) is 10.2 Å². The van der Waals surface area contributed by atoms with Gasteiger partial charge in [0.2, 0.25) is 0 Å². The predicted molar refractivity (Wildman–Crippen MR) is 129 cm³/mol. The zero-order valence-electron chi connectivity index (χ0n) is 18.3. The molecule has 2 aliphatic heterocycles. The molecule has 6 rings (SSSR count). The molecule has 0 saturated carbocycles. The van der Waals surface area contributed by atoms with Crippen LogP contribution in [0.1, 0.15) is 11.1 Å². The highest BCUT2D eigenvalue weighted by atomic mass is 19.1. The van der Waals surface area contributed by atoms with Crippen molar-refractivity contribution in [1.29, 1.82) is 5.26 Å². The molecule has 0 spiro atoms. The van der Waals surface area contributed by atoms with Crippen LogP contribution in [0.3, 0.4) is 0 Å². The van der Waals surface area contributed by atoms with Crippen LogP contribution in [0.15, 0.2) is 96.2 Å². The van der Waals surface area contributed by atoms with Gasteiger partial charge in [-0.15, -0.1) is 0 Å². The Hall–Kier alpha value is -5.03. The van der Waals surface area contributed by atoms with Crippen LogP contribution in [0.2, 0.25) is 0 Å². The highest BCUT2D eigenvalue weighted by Gasteiger charge is 2.23. The summed E-state index contributed by atoms with van der Waals surface area (Å²) < 4.78 is 19.5. The minimum Gasteiger partial charge on any atom is -0.342 e. The molecule has 0 atom stereocenters. The van der Waals surface area contributed by atoms with Gasteiger partial charge in [-0.1, -0.05) is 36.4 Å². The fraction of sp³-hybridized carbons (Fsp3) is 0.0370. The van der Waals surface area contributed by atoms with Crippen LogP contribution >= 0.6 is 0 Å². The standard InChI is InChI=1S/C27H17FN6O/c28-23-7-3-5-19(15-29)26(23)34-27(35)22-17-32(24-8-2-1-6-21(24)25(22)31-34)16-18-9-11-20(12-10-18)33-14-4-13-30-33/h1-14,17H,16H2. The maximum atomic E-state index is 14.7. The second-order valence-electron chi connectivity index (χ2n) is 8.12. The summed E-state index contributed by atoms with van der Waals surface area (Å²) >= 11 is 0. The molecule has 8 heteroatoms. The quantitative estimate of drug-likeness (QED) is 0.387. The van der Waals surface area contributed by atoms with Crippen molar-refractivity contribution in [3.8, 4) is 28.7 Å². The summed E-state index contributed by atoms with van der Waals surface area (Å²) in [6.07, 6.45) is 5.36. The van der Waals surface area contributed by atoms with Gasteiger partial charge >= 0.3 is 0 Å². The summed E-state index contributed by atoms with van der Waals surface area (Å²) in [5.74, 6) is -0.677. The average molecular weight is 460 g/mol. The lowest BCUT2D eigenvalue weighted by molar-refractivity contribution is 0.608. The zero-order valence-corrected chi connectivity index (χ0v) is 18.3. The SMILES string of the molecule is N#Cc1cccc(F)c1-n1nc2c3ccccc3n(Cc3ccc(-n4cccn4)cc3)cc-2c1=O. The van der Waals surface area contributed by atoms with Gasteiger partial charge in [-0.3, -0.25) is 4.79 Å². The fourth-order valence-electron chi connectivity index (χ4n) is 4.36. The highest BCUT2D eigenvalue weighted by molar-refractivity contribution is 5.93. The van der Waals surface area contributed by atoms with E-state index in [-0.39, 0.29) is 11.3 Å². The summed E-state index contributed by atoms with van der Waals surface area (Å²) in [4.78, 5) is 13.4. The molecule has 0 N–H and O–H groups in total. The van der Waals surface area contributed by atoms with Gasteiger partial charge in [-0.25, -0.2) is 9.07 Å². The Labute approximate surface area is 198 Å². The number of rotatable bonds is 4. The van der Waals surface area contributed by atoms with Crippen molar-refractivity contribution in [2.24, 2.45) is 0 Å². The molecular weight excluding hydrogens is 443 g/mol. The lowest BCUT2D eigenvalue weighted by Crippen LogP contribution is -2.17. The van der Waals surface area contributed by atoms with Crippen LogP contribution in [0.5, 0.6) is 0 Å². The van der Waals surface area contributed by atoms with Crippen LogP contribution in [0.25, 0.3) is 33.5 Å². The van der Waals surface area contributed by atoms with E-state index in [1.165, 1.54) is 18.2 Å². The first-order valence-electron chi connectivity index (χ1n) is 10.9. The maximum Gasteiger partial charge on any atom is 0.282 e. The third-order valence-corrected chi connectivity index (χ3v) is 6.01. The van der Waals surface area contributed by atoms with E-state index in [1.54, 1.807) is 17.1 Å². The van der Waals surface area contributed by atoms with E-state index in [0.717, 1.165) is 26.8 Å². The first kappa shape index (κ1) is 20.6. The third kappa shape index (κ3) is 3.38. The van der Waals surface area contributed by atoms with Gasteiger partial charge in [0.1, 0.15) is 23.3 Å². The van der Waals surface area contributed by atoms with Gasteiger partial charge in [0, 0.05) is 30.5 Å². The summed E-state index contributed by atoms with van der Waals surface area (Å²) in [7, 11) is 0. The number of benzene rings is 3. The van der Waals surface area contributed by atoms with Crippen LogP contribution in [-0.4, -0.2) is 24.1 Å². The van der Waals surface area contributed by atoms with E-state index >= 15 is 0 Å². The predicted octanol–water partition coefficient (Wildman–Crippen LogP) is 4.54. The first-order chi connectivity index (χ1) is 17.1. The smallest absolute Gasteiger partial charge is 0.282 e. The molecular formula is C27H17FN6O. The third-order valence-electron chi connectivity index (χ3n) is 6.01. The van der Waals surface area contributed by atoms with Gasteiger partial charge in [0.15, 0.2) is 0 Å². The summed E-state index contributed by atoms with van der Waals surface area (Å²) in [6, 6.07) is 23.6. The molecule has 0 unspecified atom stereocenters. The fourth-order valence-corrected chi connectivity index (χ4v) is 4.36. The molecule has 168 valence electrons. The number of aromatic nitrogens is 5. The Balaban J connectivity index is 1.50. The number of hydrogen-bond donors (Lipinski definition) is 0. The second kappa shape index (κ2) is 8.08. The minimum atomic E-state index is -0.677. The summed E-state index contributed by atoms with van der Waals surface area (Å²) in [6.45, 7) is 0.517. The minimum absolute atomic E-state index is 0.0457. The van der Waals surface area contributed by atoms with E-state index in [9.17, 15) is 14.4 Å². The Morgan fingerprint density at radius 3 is 2.57 bits per heavy atom. The second-order valence-corrected chi connectivity index (χ2v) is 8.12. The number of para-hydroxylation sites is 2. The van der Waals surface area contributed by atoms with Crippen molar-refractivity contribution < 1.29 is 4.39 Å². The van der Waals surface area contributed by atoms with E-state index in [0.29, 0.717) is 17.8 Å². The molecule has 1 aromatic heterocycles. The monoisotopic (exact) mass is 460 g/mol. The summed E-state index contributed by atoms with van der Waals surface area (Å²) in [5.41, 5.74) is 3.11. The van der Waals surface area contributed by atoms with Crippen molar-refractivity contribution in [2.45, 2.75) is 6.54 Å². The number of hydrogen-bond acceptors (Lipinski definition) is 4. The highest BCUT2D eigenvalue weighted by Crippen LogP contribution is 2.29. The van der Waals surface area contributed by atoms with Crippen LogP contribution in [0, 0.1) is 17.1 Å². The van der Waals surface area contributed by atoms with Crippen molar-refractivity contribution in [2.75, 3.05) is 0 Å². The van der Waals surface area contributed by atoms with Crippen molar-refractivity contribution in [3.63, 3.8) is 0 Å². The van der Waals surface area contributed by atoms with Gasteiger partial charge in [0.05, 0.1) is 22.3 Å². The molecule has 35 heavy (non-hydrogen) atoms. The van der Waals surface area contributed by atoms with Gasteiger partial charge in [-0.05, 0) is 42.0 Å². The van der Waals surface area contributed by atoms with Gasteiger partial charge in [0.25, 0.3) is 5.56 Å². The molecule has 7 nitrogen and oxygen atoms in total. The van der Waals surface area contributed by atoms with E-state index < -0.39 is 11.4 Å². The Kier molecular flexibility index (Phi) is 4.75. The molecule has 3 aromatic carbocycles. The van der Waals surface area contributed by atoms with E-state index in [1.807, 2.05) is 71.4 Å². The Morgan fingerprint density at radius 1 is 0.971 bits per heavy atom. The first-order valence-corrected chi connectivity index (χ1v) is 10.9. The molecule has 0 amide bonds. The Bertz CT molecular complexity index is 1760. The largest absolute Gasteiger partial charge is 0.342 e. The van der Waals surface area contributed by atoms with Crippen LogP contribution < -0.4 is 5.56 Å². The molecule has 0 bridgehead atoms. The van der Waals surface area contributed by atoms with Crippen LogP contribution in [0.4, 0.5) is 4.39 Å². The molecule has 3 heterocycles. The topological polar surface area (TPSA) is 81.4 Å². The molecule has 0 radical (unpaired) electrons. The molecule has 2 aliphatic rings. The molecule has 0 fully saturated rings. The maximum absolute atomic E-state index is 14.7. The zero-order chi connectivity index (χ0) is 23.9. The van der Waals surface area contributed by atoms with Crippen LogP contribution in [-0.2, 0) is 6.54 Å². The summed E-state index contributed by atoms with van der Waals surface area (Å²) in [5, 5.41) is 18.9. The van der Waals surface area contributed by atoms with Gasteiger partial charge in [-0.2, -0.15) is 20.1 Å². The number of nitriles is 1. The van der Waals surface area contributed by atoms with E-state index in [4.69, 9.17) is 0 Å². The van der Waals surface area contributed by atoms with Crippen molar-refractivity contribution in [1.82, 2.24) is 24.1 Å². The number of fused-ring (bicyclic) bond motifs is 3. The molecule has 0 aliphatic carbocycles. The number of halogens is 1. The average Bonchev–Trinajstić information content (AvgIpc) is 3.53.